The van der Waals surface area contributed by atoms with Crippen molar-refractivity contribution in [2.75, 3.05) is 0 Å². The van der Waals surface area contributed by atoms with Gasteiger partial charge in [0.25, 0.3) is 0 Å². The fourth-order valence-electron chi connectivity index (χ4n) is 7.87. The van der Waals surface area contributed by atoms with Gasteiger partial charge in [0.1, 0.15) is 27.8 Å². The molecule has 0 unspecified atom stereocenters. The average Bonchev–Trinajstić information content (AvgIpc) is 3.96. The fourth-order valence-corrected chi connectivity index (χ4v) is 7.87. The molecule has 0 saturated heterocycles. The molecule has 0 N–H and O–H groups in total. The van der Waals surface area contributed by atoms with Crippen molar-refractivity contribution in [3.8, 4) is 45.6 Å². The average molecular weight is 707 g/mol. The summed E-state index contributed by atoms with van der Waals surface area (Å²) in [6.07, 6.45) is 0. The third-order valence-corrected chi connectivity index (χ3v) is 10.5. The molecule has 0 aliphatic heterocycles. The number of hydrogen-bond acceptors (Lipinski definition) is 7. The molecule has 0 fully saturated rings. The Morgan fingerprint density at radius 1 is 0.309 bits per heavy atom. The molecule has 0 atom stereocenters. The number of aromatic nitrogens is 4. The molecule has 256 valence electrons. The van der Waals surface area contributed by atoms with E-state index in [1.165, 1.54) is 0 Å². The van der Waals surface area contributed by atoms with Gasteiger partial charge in [-0.1, -0.05) is 97.1 Å². The van der Waals surface area contributed by atoms with Gasteiger partial charge in [-0.05, 0) is 82.2 Å². The summed E-state index contributed by atoms with van der Waals surface area (Å²) in [6, 6.07) is 53.2. The number of oxazole rings is 1. The van der Waals surface area contributed by atoms with Crippen LogP contribution in [0.2, 0.25) is 0 Å². The lowest BCUT2D eigenvalue weighted by Gasteiger charge is -2.10. The molecule has 12 rings (SSSR count). The normalized spacial score (nSPS) is 12.0. The molecular weight excluding hydrogens is 681 g/mol. The molecule has 0 amide bonds. The zero-order valence-electron chi connectivity index (χ0n) is 29.0. The fraction of sp³-hybridized carbons (Fsp3) is 0. The van der Waals surface area contributed by atoms with Gasteiger partial charge in [-0.3, -0.25) is 0 Å². The van der Waals surface area contributed by atoms with Gasteiger partial charge in [-0.15, -0.1) is 0 Å². The molecule has 0 radical (unpaired) electrons. The number of nitrogens with zero attached hydrogens (tertiary/aromatic N) is 4. The Labute approximate surface area is 312 Å². The maximum Gasteiger partial charge on any atom is 0.227 e. The topological polar surface area (TPSA) is 91.0 Å². The quantitative estimate of drug-likeness (QED) is 0.180. The summed E-state index contributed by atoms with van der Waals surface area (Å²) >= 11 is 0. The van der Waals surface area contributed by atoms with E-state index in [9.17, 15) is 0 Å². The second kappa shape index (κ2) is 11.4. The van der Waals surface area contributed by atoms with Crippen molar-refractivity contribution in [3.05, 3.63) is 158 Å². The van der Waals surface area contributed by atoms with Gasteiger partial charge >= 0.3 is 0 Å². The lowest BCUT2D eigenvalue weighted by molar-refractivity contribution is 0.619. The largest absolute Gasteiger partial charge is 0.456 e. The third-order valence-electron chi connectivity index (χ3n) is 10.5. The summed E-state index contributed by atoms with van der Waals surface area (Å²) in [5.74, 6) is 2.31. The van der Waals surface area contributed by atoms with Gasteiger partial charge in [0.2, 0.25) is 5.89 Å². The van der Waals surface area contributed by atoms with Crippen molar-refractivity contribution >= 4 is 76.5 Å². The monoisotopic (exact) mass is 706 g/mol. The summed E-state index contributed by atoms with van der Waals surface area (Å²) in [5, 5.41) is 8.38. The number of fused-ring (bicyclic) bond motifs is 11. The second-order valence-corrected chi connectivity index (χ2v) is 13.8. The number of furan rings is 2. The molecule has 0 aliphatic carbocycles. The van der Waals surface area contributed by atoms with Crippen LogP contribution >= 0.6 is 0 Å². The number of rotatable bonds is 4. The molecule has 7 heteroatoms. The van der Waals surface area contributed by atoms with E-state index in [0.717, 1.165) is 93.2 Å². The minimum atomic E-state index is 0.564. The molecular formula is C48H26N4O3. The highest BCUT2D eigenvalue weighted by atomic mass is 16.4. The lowest BCUT2D eigenvalue weighted by atomic mass is 10.0. The molecule has 0 aliphatic rings. The van der Waals surface area contributed by atoms with Crippen molar-refractivity contribution in [3.63, 3.8) is 0 Å². The molecule has 4 heterocycles. The summed E-state index contributed by atoms with van der Waals surface area (Å²) in [6.45, 7) is 0. The first-order valence-electron chi connectivity index (χ1n) is 18.1. The van der Waals surface area contributed by atoms with E-state index in [1.54, 1.807) is 0 Å². The van der Waals surface area contributed by atoms with Crippen LogP contribution in [-0.2, 0) is 0 Å². The Morgan fingerprint density at radius 2 is 0.891 bits per heavy atom. The standard InChI is InChI=1S/C48H26N4O3/c1-2-9-28(10-3-1)48-49-44-40(55-48)23-22-39-43(44)42-34-19-16-32(25-30(34)18-21-38(42)54-39)46-50-45(31-15-14-27-8-4-5-11-29(27)24-31)51-47(52-46)33-17-20-36-35-12-6-7-13-37(35)53-41(36)26-33/h1-26H. The molecule has 0 bridgehead atoms. The van der Waals surface area contributed by atoms with Crippen LogP contribution in [0, 0.1) is 0 Å². The van der Waals surface area contributed by atoms with Crippen molar-refractivity contribution in [2.45, 2.75) is 0 Å². The van der Waals surface area contributed by atoms with Crippen LogP contribution in [0.5, 0.6) is 0 Å². The maximum absolute atomic E-state index is 6.39. The number of hydrogen-bond donors (Lipinski definition) is 0. The molecule has 8 aromatic carbocycles. The molecule has 7 nitrogen and oxygen atoms in total. The Hall–Kier alpha value is -7.64. The summed E-state index contributed by atoms with van der Waals surface area (Å²) < 4.78 is 18.9. The summed E-state index contributed by atoms with van der Waals surface area (Å²) in [7, 11) is 0. The van der Waals surface area contributed by atoms with E-state index in [1.807, 2.05) is 84.9 Å². The zero-order chi connectivity index (χ0) is 36.0. The third kappa shape index (κ3) is 4.70. The van der Waals surface area contributed by atoms with Crippen LogP contribution in [0.3, 0.4) is 0 Å². The maximum atomic E-state index is 6.39. The minimum absolute atomic E-state index is 0.564. The molecule has 55 heavy (non-hydrogen) atoms. The molecule has 0 saturated carbocycles. The zero-order valence-corrected chi connectivity index (χ0v) is 29.0. The van der Waals surface area contributed by atoms with Crippen LogP contribution in [0.25, 0.3) is 122 Å². The van der Waals surface area contributed by atoms with Crippen LogP contribution in [0.1, 0.15) is 0 Å². The van der Waals surface area contributed by atoms with Gasteiger partial charge in [-0.25, -0.2) is 19.9 Å². The number of para-hydroxylation sites is 1. The SMILES string of the molecule is c1ccc(-c2nc3c(ccc4oc5ccc6cc(-c7nc(-c8ccc9ccccc9c8)nc(-c8ccc9c(c8)oc8ccccc89)n7)ccc6c5c43)o2)cc1. The van der Waals surface area contributed by atoms with E-state index in [0.29, 0.717) is 28.9 Å². The minimum Gasteiger partial charge on any atom is -0.456 e. The highest BCUT2D eigenvalue weighted by molar-refractivity contribution is 6.25. The Bertz CT molecular complexity index is 3510. The highest BCUT2D eigenvalue weighted by Crippen LogP contribution is 2.41. The van der Waals surface area contributed by atoms with Crippen molar-refractivity contribution < 1.29 is 13.3 Å². The van der Waals surface area contributed by atoms with Crippen LogP contribution < -0.4 is 0 Å². The van der Waals surface area contributed by atoms with Crippen molar-refractivity contribution in [1.29, 1.82) is 0 Å². The smallest absolute Gasteiger partial charge is 0.227 e. The predicted octanol–water partition coefficient (Wildman–Crippen LogP) is 12.8. The van der Waals surface area contributed by atoms with E-state index < -0.39 is 0 Å². The Kier molecular flexibility index (Phi) is 6.21. The van der Waals surface area contributed by atoms with Crippen LogP contribution in [-0.4, -0.2) is 19.9 Å². The van der Waals surface area contributed by atoms with Gasteiger partial charge < -0.3 is 13.3 Å². The molecule has 4 aromatic heterocycles. The molecule has 12 aromatic rings. The Morgan fingerprint density at radius 3 is 1.73 bits per heavy atom. The van der Waals surface area contributed by atoms with Crippen LogP contribution in [0.4, 0.5) is 0 Å². The first-order chi connectivity index (χ1) is 27.2. The van der Waals surface area contributed by atoms with Crippen LogP contribution in [0.15, 0.2) is 171 Å². The van der Waals surface area contributed by atoms with Gasteiger partial charge in [0, 0.05) is 38.4 Å². The first-order valence-corrected chi connectivity index (χ1v) is 18.1. The number of benzene rings is 8. The highest BCUT2D eigenvalue weighted by Gasteiger charge is 2.20. The van der Waals surface area contributed by atoms with E-state index in [-0.39, 0.29) is 0 Å². The van der Waals surface area contributed by atoms with E-state index in [2.05, 4.69) is 72.8 Å². The second-order valence-electron chi connectivity index (χ2n) is 13.8. The van der Waals surface area contributed by atoms with E-state index >= 15 is 0 Å². The first kappa shape index (κ1) is 29.9. The summed E-state index contributed by atoms with van der Waals surface area (Å²) in [5.41, 5.74) is 8.21. The predicted molar refractivity (Wildman–Crippen MR) is 219 cm³/mol. The molecule has 0 spiro atoms. The van der Waals surface area contributed by atoms with Crippen molar-refractivity contribution in [2.24, 2.45) is 0 Å². The summed E-state index contributed by atoms with van der Waals surface area (Å²) in [4.78, 5) is 20.2. The van der Waals surface area contributed by atoms with Gasteiger partial charge in [0.15, 0.2) is 23.1 Å². The van der Waals surface area contributed by atoms with Gasteiger partial charge in [-0.2, -0.15) is 0 Å². The van der Waals surface area contributed by atoms with E-state index in [4.69, 9.17) is 33.2 Å². The Balaban J connectivity index is 1.04. The van der Waals surface area contributed by atoms with Crippen molar-refractivity contribution in [1.82, 2.24) is 19.9 Å². The van der Waals surface area contributed by atoms with Gasteiger partial charge in [0.05, 0.1) is 5.39 Å². The lowest BCUT2D eigenvalue weighted by Crippen LogP contribution is -2.00.